The van der Waals surface area contributed by atoms with E-state index in [0.29, 0.717) is 17.6 Å². The first-order valence-electron chi connectivity index (χ1n) is 6.75. The Morgan fingerprint density at radius 2 is 1.91 bits per heavy atom. The monoisotopic (exact) mass is 391 g/mol. The van der Waals surface area contributed by atoms with Gasteiger partial charge in [-0.2, -0.15) is 4.39 Å². The SMILES string of the molecule is CCc1cccc(N(SC(F)(Cl)Cl)C(=O)c2ccccc2Cl)c1. The highest BCUT2D eigenvalue weighted by atomic mass is 35.5. The van der Waals surface area contributed by atoms with Crippen molar-refractivity contribution in [2.75, 3.05) is 4.31 Å². The van der Waals surface area contributed by atoms with Crippen LogP contribution in [0, 0.1) is 0 Å². The lowest BCUT2D eigenvalue weighted by molar-refractivity contribution is 0.101. The number of anilines is 1. The van der Waals surface area contributed by atoms with Gasteiger partial charge in [-0.05, 0) is 36.2 Å². The van der Waals surface area contributed by atoms with Crippen LogP contribution in [0.15, 0.2) is 48.5 Å². The summed E-state index contributed by atoms with van der Waals surface area (Å²) in [5.74, 6) is -0.503. The van der Waals surface area contributed by atoms with Crippen molar-refractivity contribution in [1.82, 2.24) is 0 Å². The van der Waals surface area contributed by atoms with E-state index < -0.39 is 9.83 Å². The van der Waals surface area contributed by atoms with E-state index in [4.69, 9.17) is 34.8 Å². The maximum atomic E-state index is 13.8. The smallest absolute Gasteiger partial charge is 0.268 e. The van der Waals surface area contributed by atoms with E-state index in [-0.39, 0.29) is 10.6 Å². The Morgan fingerprint density at radius 3 is 2.52 bits per heavy atom. The van der Waals surface area contributed by atoms with E-state index >= 15 is 0 Å². The topological polar surface area (TPSA) is 20.3 Å². The molecule has 0 aliphatic heterocycles. The Labute approximate surface area is 153 Å². The molecule has 122 valence electrons. The van der Waals surface area contributed by atoms with Gasteiger partial charge in [-0.25, -0.2) is 4.31 Å². The average molecular weight is 393 g/mol. The highest BCUT2D eigenvalue weighted by molar-refractivity contribution is 8.05. The van der Waals surface area contributed by atoms with Crippen LogP contribution in [0.3, 0.4) is 0 Å². The molecule has 7 heteroatoms. The zero-order valence-electron chi connectivity index (χ0n) is 12.1. The van der Waals surface area contributed by atoms with Gasteiger partial charge in [0.05, 0.1) is 16.3 Å². The zero-order chi connectivity index (χ0) is 17.0. The van der Waals surface area contributed by atoms with Gasteiger partial charge in [0, 0.05) is 11.9 Å². The fraction of sp³-hybridized carbons (Fsp3) is 0.188. The molecule has 0 atom stereocenters. The van der Waals surface area contributed by atoms with Gasteiger partial charge in [0.25, 0.3) is 5.91 Å². The molecular formula is C16H13Cl3FNOS. The summed E-state index contributed by atoms with van der Waals surface area (Å²) >= 11 is 17.4. The first kappa shape index (κ1) is 18.4. The van der Waals surface area contributed by atoms with Crippen LogP contribution in [0.4, 0.5) is 10.1 Å². The molecule has 0 spiro atoms. The van der Waals surface area contributed by atoms with Crippen molar-refractivity contribution < 1.29 is 9.18 Å². The summed E-state index contributed by atoms with van der Waals surface area (Å²) in [6.07, 6.45) is 0.773. The van der Waals surface area contributed by atoms with Crippen LogP contribution in [0.25, 0.3) is 0 Å². The number of hydrogen-bond acceptors (Lipinski definition) is 2. The molecule has 0 N–H and O–H groups in total. The number of carbonyl (C=O) groups is 1. The highest BCUT2D eigenvalue weighted by Crippen LogP contribution is 2.42. The van der Waals surface area contributed by atoms with Crippen molar-refractivity contribution in [3.05, 3.63) is 64.7 Å². The first-order valence-corrected chi connectivity index (χ1v) is 8.66. The molecule has 0 unspecified atom stereocenters. The van der Waals surface area contributed by atoms with E-state index in [1.54, 1.807) is 42.5 Å². The summed E-state index contributed by atoms with van der Waals surface area (Å²) in [6.45, 7) is 1.98. The minimum Gasteiger partial charge on any atom is -0.268 e. The Morgan fingerprint density at radius 1 is 1.22 bits per heavy atom. The van der Waals surface area contributed by atoms with Gasteiger partial charge in [0.2, 0.25) is 0 Å². The van der Waals surface area contributed by atoms with E-state index in [9.17, 15) is 9.18 Å². The van der Waals surface area contributed by atoms with Crippen molar-refractivity contribution in [1.29, 1.82) is 0 Å². The number of alkyl halides is 3. The lowest BCUT2D eigenvalue weighted by atomic mass is 10.1. The van der Waals surface area contributed by atoms with E-state index in [2.05, 4.69) is 0 Å². The van der Waals surface area contributed by atoms with Gasteiger partial charge >= 0.3 is 3.92 Å². The molecule has 2 rings (SSSR count). The molecule has 0 saturated carbocycles. The fourth-order valence-corrected chi connectivity index (χ4v) is 3.20. The van der Waals surface area contributed by atoms with Crippen molar-refractivity contribution >= 4 is 58.3 Å². The van der Waals surface area contributed by atoms with Gasteiger partial charge < -0.3 is 0 Å². The molecular weight excluding hydrogens is 380 g/mol. The summed E-state index contributed by atoms with van der Waals surface area (Å²) < 4.78 is 12.2. The Balaban J connectivity index is 2.45. The summed E-state index contributed by atoms with van der Waals surface area (Å²) in [6, 6.07) is 13.7. The average Bonchev–Trinajstić information content (AvgIpc) is 2.51. The molecule has 2 aromatic carbocycles. The molecule has 0 bridgehead atoms. The van der Waals surface area contributed by atoms with Crippen LogP contribution in [-0.2, 0) is 6.42 Å². The third-order valence-corrected chi connectivity index (χ3v) is 4.55. The maximum Gasteiger partial charge on any atom is 0.324 e. The number of amides is 1. The van der Waals surface area contributed by atoms with Crippen LogP contribution < -0.4 is 4.31 Å². The van der Waals surface area contributed by atoms with Gasteiger partial charge in [0.1, 0.15) is 0 Å². The Hall–Kier alpha value is -0.940. The molecule has 1 amide bonds. The number of nitrogens with zero attached hydrogens (tertiary/aromatic N) is 1. The van der Waals surface area contributed by atoms with Gasteiger partial charge in [-0.15, -0.1) is 0 Å². The second-order valence-electron chi connectivity index (χ2n) is 4.64. The third-order valence-electron chi connectivity index (χ3n) is 3.04. The Bertz CT molecular complexity index is 706. The molecule has 0 aliphatic rings. The van der Waals surface area contributed by atoms with E-state index in [1.165, 1.54) is 0 Å². The number of rotatable bonds is 5. The zero-order valence-corrected chi connectivity index (χ0v) is 15.2. The predicted octanol–water partition coefficient (Wildman–Crippen LogP) is 6.26. The maximum absolute atomic E-state index is 13.8. The minimum atomic E-state index is -2.65. The number of halogens is 4. The van der Waals surface area contributed by atoms with Crippen LogP contribution in [-0.4, -0.2) is 9.83 Å². The molecule has 0 heterocycles. The normalized spacial score (nSPS) is 11.3. The van der Waals surface area contributed by atoms with Gasteiger partial charge in [0.15, 0.2) is 0 Å². The molecule has 2 nitrogen and oxygen atoms in total. The summed E-state index contributed by atoms with van der Waals surface area (Å²) in [4.78, 5) is 12.8. The van der Waals surface area contributed by atoms with Crippen molar-refractivity contribution in [2.45, 2.75) is 17.3 Å². The fourth-order valence-electron chi connectivity index (χ4n) is 1.96. The van der Waals surface area contributed by atoms with Crippen molar-refractivity contribution in [3.8, 4) is 0 Å². The summed E-state index contributed by atoms with van der Waals surface area (Å²) in [5.41, 5.74) is 1.71. The van der Waals surface area contributed by atoms with Crippen LogP contribution in [0.5, 0.6) is 0 Å². The first-order chi connectivity index (χ1) is 10.8. The molecule has 0 aromatic heterocycles. The van der Waals surface area contributed by atoms with E-state index in [1.807, 2.05) is 13.0 Å². The number of carbonyl (C=O) groups excluding carboxylic acids is 1. The van der Waals surface area contributed by atoms with Crippen LogP contribution in [0.1, 0.15) is 22.8 Å². The molecule has 0 saturated heterocycles. The number of benzene rings is 2. The molecule has 2 aromatic rings. The minimum absolute atomic E-state index is 0.237. The molecule has 0 radical (unpaired) electrons. The second-order valence-corrected chi connectivity index (χ2v) is 7.84. The second kappa shape index (κ2) is 7.75. The van der Waals surface area contributed by atoms with Crippen molar-refractivity contribution in [2.24, 2.45) is 0 Å². The molecule has 0 aliphatic carbocycles. The number of hydrogen-bond donors (Lipinski definition) is 0. The van der Waals surface area contributed by atoms with Crippen LogP contribution in [0.2, 0.25) is 5.02 Å². The highest BCUT2D eigenvalue weighted by Gasteiger charge is 2.32. The lowest BCUT2D eigenvalue weighted by Gasteiger charge is -2.24. The molecule has 23 heavy (non-hydrogen) atoms. The lowest BCUT2D eigenvalue weighted by Crippen LogP contribution is -2.27. The van der Waals surface area contributed by atoms with Gasteiger partial charge in [-0.3, -0.25) is 4.79 Å². The largest absolute Gasteiger partial charge is 0.324 e. The predicted molar refractivity (Wildman–Crippen MR) is 97.2 cm³/mol. The standard InChI is InChI=1S/C16H13Cl3FNOS/c1-2-11-6-5-7-12(10-11)21(23-16(18,19)20)15(22)13-8-3-4-9-14(13)17/h3-10H,2H2,1H3. The van der Waals surface area contributed by atoms with Gasteiger partial charge in [-0.1, -0.05) is 66.0 Å². The Kier molecular flexibility index (Phi) is 6.20. The third kappa shape index (κ3) is 5.01. The summed E-state index contributed by atoms with van der Waals surface area (Å²) in [5, 5.41) is 0.267. The van der Waals surface area contributed by atoms with Crippen LogP contribution >= 0.6 is 46.8 Å². The quantitative estimate of drug-likeness (QED) is 0.442. The van der Waals surface area contributed by atoms with E-state index in [0.717, 1.165) is 16.3 Å². The van der Waals surface area contributed by atoms with Crippen molar-refractivity contribution in [3.63, 3.8) is 0 Å². The molecule has 0 fully saturated rings. The summed E-state index contributed by atoms with van der Waals surface area (Å²) in [7, 11) is 0. The number of aryl methyl sites for hydroxylation is 1.